The molecule has 0 spiro atoms. The summed E-state index contributed by atoms with van der Waals surface area (Å²) in [5.41, 5.74) is 2.51. The van der Waals surface area contributed by atoms with Crippen LogP contribution in [0.3, 0.4) is 0 Å². The quantitative estimate of drug-likeness (QED) is 0.762. The topological polar surface area (TPSA) is 63.5 Å². The number of halogens is 1. The average molecular weight is 344 g/mol. The Labute approximate surface area is 144 Å². The summed E-state index contributed by atoms with van der Waals surface area (Å²) in [6.07, 6.45) is 4.71. The number of ether oxygens (including phenoxy) is 1. The average Bonchev–Trinajstić information content (AvgIpc) is 3.23. The maximum Gasteiger partial charge on any atom is 0.142 e. The van der Waals surface area contributed by atoms with Crippen LogP contribution in [0.2, 0.25) is 5.02 Å². The summed E-state index contributed by atoms with van der Waals surface area (Å²) < 4.78 is 7.17. The summed E-state index contributed by atoms with van der Waals surface area (Å²) in [6, 6.07) is 8.20. The Bertz CT molecular complexity index is 873. The van der Waals surface area contributed by atoms with Crippen molar-refractivity contribution in [2.45, 2.75) is 12.5 Å². The van der Waals surface area contributed by atoms with Gasteiger partial charge in [0, 0.05) is 24.8 Å². The van der Waals surface area contributed by atoms with Crippen molar-refractivity contribution in [3.63, 3.8) is 0 Å². The number of nitrogens with one attached hydrogen (secondary N) is 2. The van der Waals surface area contributed by atoms with Crippen LogP contribution in [0.4, 0.5) is 5.82 Å². The zero-order chi connectivity index (χ0) is 16.5. The monoisotopic (exact) mass is 343 g/mol. The Morgan fingerprint density at radius 3 is 3.12 bits per heavy atom. The maximum atomic E-state index is 6.25. The normalized spacial score (nSPS) is 17.3. The van der Waals surface area contributed by atoms with E-state index in [9.17, 15) is 0 Å². The molecule has 0 aromatic carbocycles. The van der Waals surface area contributed by atoms with Crippen molar-refractivity contribution < 1.29 is 4.74 Å². The molecule has 2 N–H and O–H groups in total. The highest BCUT2D eigenvalue weighted by Crippen LogP contribution is 2.28. The molecule has 6 nitrogen and oxygen atoms in total. The first-order valence-corrected chi connectivity index (χ1v) is 8.27. The minimum Gasteiger partial charge on any atom is -0.495 e. The molecule has 24 heavy (non-hydrogen) atoms. The molecule has 4 heterocycles. The highest BCUT2D eigenvalue weighted by molar-refractivity contribution is 6.32. The van der Waals surface area contributed by atoms with E-state index in [0.717, 1.165) is 42.4 Å². The van der Waals surface area contributed by atoms with Crippen molar-refractivity contribution in [2.75, 3.05) is 25.5 Å². The van der Waals surface area contributed by atoms with Crippen LogP contribution in [0, 0.1) is 0 Å². The molecule has 0 bridgehead atoms. The lowest BCUT2D eigenvalue weighted by Crippen LogP contribution is -2.22. The summed E-state index contributed by atoms with van der Waals surface area (Å²) in [7, 11) is 1.59. The van der Waals surface area contributed by atoms with Gasteiger partial charge in [0.05, 0.1) is 29.7 Å². The fraction of sp³-hybridized carbons (Fsp3) is 0.294. The van der Waals surface area contributed by atoms with Crippen LogP contribution in [0.1, 0.15) is 6.42 Å². The van der Waals surface area contributed by atoms with Crippen LogP contribution < -0.4 is 15.4 Å². The summed E-state index contributed by atoms with van der Waals surface area (Å²) in [5.74, 6) is 1.48. The van der Waals surface area contributed by atoms with Gasteiger partial charge in [0.1, 0.15) is 17.2 Å². The van der Waals surface area contributed by atoms with Crippen LogP contribution in [0.15, 0.2) is 36.7 Å². The lowest BCUT2D eigenvalue weighted by Gasteiger charge is -2.13. The molecule has 1 unspecified atom stereocenters. The summed E-state index contributed by atoms with van der Waals surface area (Å²) in [4.78, 5) is 9.16. The van der Waals surface area contributed by atoms with Gasteiger partial charge in [-0.25, -0.2) is 9.97 Å². The number of methoxy groups -OCH3 is 1. The zero-order valence-electron chi connectivity index (χ0n) is 13.3. The maximum absolute atomic E-state index is 6.25. The lowest BCUT2D eigenvalue weighted by atomic mass is 10.2. The van der Waals surface area contributed by atoms with Gasteiger partial charge in [-0.1, -0.05) is 17.7 Å². The van der Waals surface area contributed by atoms with Crippen molar-refractivity contribution in [1.82, 2.24) is 19.7 Å². The first-order chi connectivity index (χ1) is 11.7. The van der Waals surface area contributed by atoms with Crippen LogP contribution in [0.25, 0.3) is 17.0 Å². The Morgan fingerprint density at radius 2 is 2.33 bits per heavy atom. The molecule has 1 aliphatic rings. The van der Waals surface area contributed by atoms with Crippen LogP contribution >= 0.6 is 11.6 Å². The third-order valence-electron chi connectivity index (χ3n) is 4.21. The van der Waals surface area contributed by atoms with E-state index in [0.29, 0.717) is 16.8 Å². The van der Waals surface area contributed by atoms with E-state index in [1.165, 1.54) is 0 Å². The minimum absolute atomic E-state index is 0.425. The molecule has 0 radical (unpaired) electrons. The number of nitrogens with zero attached hydrogens (tertiary/aromatic N) is 3. The molecule has 0 aliphatic carbocycles. The van der Waals surface area contributed by atoms with Crippen molar-refractivity contribution in [3.8, 4) is 17.1 Å². The number of hydrogen-bond acceptors (Lipinski definition) is 5. The largest absolute Gasteiger partial charge is 0.495 e. The van der Waals surface area contributed by atoms with E-state index in [1.807, 2.05) is 28.7 Å². The Hall–Kier alpha value is -2.31. The standard InChI is InChI=1S/C17H18ClN5O/c1-24-15-7-17-20-9-14(23(17)10-12(15)18)13-3-2-4-16(22-13)21-11-5-6-19-8-11/h2-4,7,9-11,19H,5-6,8H2,1H3,(H,21,22). The second kappa shape index (κ2) is 6.30. The molecule has 3 aromatic rings. The van der Waals surface area contributed by atoms with E-state index in [1.54, 1.807) is 19.5 Å². The number of anilines is 1. The predicted octanol–water partition coefficient (Wildman–Crippen LogP) is 2.83. The molecule has 1 aliphatic heterocycles. The Balaban J connectivity index is 1.70. The van der Waals surface area contributed by atoms with Crippen molar-refractivity contribution in [1.29, 1.82) is 0 Å². The third-order valence-corrected chi connectivity index (χ3v) is 4.49. The number of aromatic nitrogens is 3. The van der Waals surface area contributed by atoms with Gasteiger partial charge >= 0.3 is 0 Å². The number of fused-ring (bicyclic) bond motifs is 1. The van der Waals surface area contributed by atoms with Crippen LogP contribution in [-0.2, 0) is 0 Å². The first kappa shape index (κ1) is 15.2. The molecule has 124 valence electrons. The van der Waals surface area contributed by atoms with Crippen molar-refractivity contribution in [2.24, 2.45) is 0 Å². The highest BCUT2D eigenvalue weighted by atomic mass is 35.5. The highest BCUT2D eigenvalue weighted by Gasteiger charge is 2.15. The summed E-state index contributed by atoms with van der Waals surface area (Å²) in [5, 5.41) is 7.35. The number of rotatable bonds is 4. The summed E-state index contributed by atoms with van der Waals surface area (Å²) >= 11 is 6.25. The molecule has 1 atom stereocenters. The molecular weight excluding hydrogens is 326 g/mol. The lowest BCUT2D eigenvalue weighted by molar-refractivity contribution is 0.415. The van der Waals surface area contributed by atoms with Crippen molar-refractivity contribution in [3.05, 3.63) is 41.7 Å². The van der Waals surface area contributed by atoms with Gasteiger partial charge in [-0.05, 0) is 25.1 Å². The van der Waals surface area contributed by atoms with E-state index in [4.69, 9.17) is 21.3 Å². The van der Waals surface area contributed by atoms with Crippen molar-refractivity contribution >= 4 is 23.1 Å². The second-order valence-electron chi connectivity index (χ2n) is 5.80. The molecule has 3 aromatic heterocycles. The van der Waals surface area contributed by atoms with E-state index in [-0.39, 0.29) is 0 Å². The van der Waals surface area contributed by atoms with Gasteiger partial charge in [0.15, 0.2) is 0 Å². The SMILES string of the molecule is COc1cc2ncc(-c3cccc(NC4CCNC4)n3)n2cc1Cl. The van der Waals surface area contributed by atoms with Gasteiger partial charge in [0.25, 0.3) is 0 Å². The van der Waals surface area contributed by atoms with E-state index < -0.39 is 0 Å². The van der Waals surface area contributed by atoms with Gasteiger partial charge in [-0.15, -0.1) is 0 Å². The smallest absolute Gasteiger partial charge is 0.142 e. The van der Waals surface area contributed by atoms with Gasteiger partial charge in [0.2, 0.25) is 0 Å². The fourth-order valence-corrected chi connectivity index (χ4v) is 3.20. The predicted molar refractivity (Wildman–Crippen MR) is 94.9 cm³/mol. The number of hydrogen-bond donors (Lipinski definition) is 2. The summed E-state index contributed by atoms with van der Waals surface area (Å²) in [6.45, 7) is 2.02. The van der Waals surface area contributed by atoms with Gasteiger partial charge in [-0.3, -0.25) is 4.40 Å². The van der Waals surface area contributed by atoms with E-state index >= 15 is 0 Å². The second-order valence-corrected chi connectivity index (χ2v) is 6.21. The first-order valence-electron chi connectivity index (χ1n) is 7.90. The molecule has 1 fully saturated rings. The molecule has 0 amide bonds. The molecule has 1 saturated heterocycles. The third kappa shape index (κ3) is 2.79. The van der Waals surface area contributed by atoms with Gasteiger partial charge < -0.3 is 15.4 Å². The number of imidazole rings is 1. The van der Waals surface area contributed by atoms with E-state index in [2.05, 4.69) is 15.6 Å². The molecular formula is C17H18ClN5O. The molecule has 7 heteroatoms. The van der Waals surface area contributed by atoms with Gasteiger partial charge in [-0.2, -0.15) is 0 Å². The fourth-order valence-electron chi connectivity index (χ4n) is 2.97. The molecule has 4 rings (SSSR count). The van der Waals surface area contributed by atoms with Crippen LogP contribution in [-0.4, -0.2) is 40.6 Å². The minimum atomic E-state index is 0.425. The Kier molecular flexibility index (Phi) is 4.00. The zero-order valence-corrected chi connectivity index (χ0v) is 14.0. The molecule has 0 saturated carbocycles. The number of pyridine rings is 2. The van der Waals surface area contributed by atoms with Crippen LogP contribution in [0.5, 0.6) is 5.75 Å². The Morgan fingerprint density at radius 1 is 1.42 bits per heavy atom.